The van der Waals surface area contributed by atoms with Crippen LogP contribution in [0.4, 0.5) is 0 Å². The van der Waals surface area contributed by atoms with E-state index in [9.17, 15) is 14.4 Å². The van der Waals surface area contributed by atoms with Crippen LogP contribution < -0.4 is 22.1 Å². The van der Waals surface area contributed by atoms with E-state index in [-0.39, 0.29) is 12.5 Å². The van der Waals surface area contributed by atoms with Crippen molar-refractivity contribution in [3.63, 3.8) is 0 Å². The number of amides is 3. The summed E-state index contributed by atoms with van der Waals surface area (Å²) >= 11 is 0. The second-order valence-electron chi connectivity index (χ2n) is 4.28. The van der Waals surface area contributed by atoms with Crippen molar-refractivity contribution in [2.24, 2.45) is 11.5 Å². The van der Waals surface area contributed by atoms with Gasteiger partial charge in [0.25, 0.3) is 5.91 Å². The Morgan fingerprint density at radius 2 is 1.80 bits per heavy atom. The van der Waals surface area contributed by atoms with Crippen molar-refractivity contribution >= 4 is 17.7 Å². The molecular weight excluding hydrogens is 260 g/mol. The maximum atomic E-state index is 11.9. The number of nitrogens with one attached hydrogen (secondary N) is 2. The van der Waals surface area contributed by atoms with Gasteiger partial charge in [-0.3, -0.25) is 14.4 Å². The first-order valence-electron chi connectivity index (χ1n) is 6.10. The molecule has 1 aromatic rings. The second-order valence-corrected chi connectivity index (χ2v) is 4.28. The lowest BCUT2D eigenvalue weighted by atomic mass is 10.1. The number of rotatable bonds is 6. The quantitative estimate of drug-likeness (QED) is 0.524. The molecule has 20 heavy (non-hydrogen) atoms. The summed E-state index contributed by atoms with van der Waals surface area (Å²) in [5, 5.41) is 4.84. The van der Waals surface area contributed by atoms with Gasteiger partial charge in [-0.1, -0.05) is 12.1 Å². The largest absolute Gasteiger partial charge is 0.368 e. The molecule has 1 atom stereocenters. The average molecular weight is 278 g/mol. The lowest BCUT2D eigenvalue weighted by molar-refractivity contribution is -0.125. The Balaban J connectivity index is 2.55. The molecule has 1 aromatic carbocycles. The lowest BCUT2D eigenvalue weighted by Crippen LogP contribution is -2.46. The van der Waals surface area contributed by atoms with E-state index < -0.39 is 17.9 Å². The van der Waals surface area contributed by atoms with Crippen LogP contribution in [-0.4, -0.2) is 30.3 Å². The molecule has 6 N–H and O–H groups in total. The fourth-order valence-corrected chi connectivity index (χ4v) is 1.47. The van der Waals surface area contributed by atoms with Crippen LogP contribution in [0.1, 0.15) is 22.8 Å². The summed E-state index contributed by atoms with van der Waals surface area (Å²) in [6.45, 7) is 1.65. The molecule has 0 fully saturated rings. The van der Waals surface area contributed by atoms with Gasteiger partial charge in [0.1, 0.15) is 6.04 Å². The molecule has 0 saturated heterocycles. The monoisotopic (exact) mass is 278 g/mol. The van der Waals surface area contributed by atoms with E-state index in [0.717, 1.165) is 5.56 Å². The third-order valence-corrected chi connectivity index (χ3v) is 2.63. The van der Waals surface area contributed by atoms with Gasteiger partial charge >= 0.3 is 0 Å². The third-order valence-electron chi connectivity index (χ3n) is 2.63. The molecule has 0 spiro atoms. The summed E-state index contributed by atoms with van der Waals surface area (Å²) < 4.78 is 0. The van der Waals surface area contributed by atoms with Gasteiger partial charge in [0.2, 0.25) is 11.8 Å². The van der Waals surface area contributed by atoms with Crippen molar-refractivity contribution in [2.75, 3.05) is 6.54 Å². The summed E-state index contributed by atoms with van der Waals surface area (Å²) in [6, 6.07) is 5.98. The molecule has 108 valence electrons. The number of carbonyl (C=O) groups is 3. The van der Waals surface area contributed by atoms with Gasteiger partial charge in [0.15, 0.2) is 0 Å². The van der Waals surface area contributed by atoms with Crippen molar-refractivity contribution in [2.45, 2.75) is 19.5 Å². The Bertz CT molecular complexity index is 499. The highest BCUT2D eigenvalue weighted by Crippen LogP contribution is 2.04. The summed E-state index contributed by atoms with van der Waals surface area (Å²) in [4.78, 5) is 34.0. The van der Waals surface area contributed by atoms with Crippen LogP contribution in [0.25, 0.3) is 0 Å². The lowest BCUT2D eigenvalue weighted by Gasteiger charge is -2.13. The Hall–Kier alpha value is -2.41. The van der Waals surface area contributed by atoms with Gasteiger partial charge in [0, 0.05) is 12.1 Å². The molecule has 0 aromatic heterocycles. The Morgan fingerprint density at radius 3 is 2.30 bits per heavy atom. The summed E-state index contributed by atoms with van der Waals surface area (Å²) in [7, 11) is 0. The molecule has 0 radical (unpaired) electrons. The number of hydrogen-bond donors (Lipinski definition) is 4. The maximum Gasteiger partial charge on any atom is 0.251 e. The van der Waals surface area contributed by atoms with Crippen LogP contribution >= 0.6 is 0 Å². The van der Waals surface area contributed by atoms with E-state index in [1.54, 1.807) is 24.3 Å². The van der Waals surface area contributed by atoms with Crippen LogP contribution in [0, 0.1) is 0 Å². The first-order valence-corrected chi connectivity index (χ1v) is 6.10. The molecule has 7 heteroatoms. The highest BCUT2D eigenvalue weighted by atomic mass is 16.2. The van der Waals surface area contributed by atoms with Crippen LogP contribution in [0.15, 0.2) is 24.3 Å². The van der Waals surface area contributed by atoms with Gasteiger partial charge in [-0.05, 0) is 24.6 Å². The zero-order valence-electron chi connectivity index (χ0n) is 11.2. The second kappa shape index (κ2) is 7.25. The molecule has 0 aliphatic heterocycles. The van der Waals surface area contributed by atoms with Gasteiger partial charge < -0.3 is 22.1 Å². The third kappa shape index (κ3) is 4.69. The Labute approximate surface area is 116 Å². The van der Waals surface area contributed by atoms with Crippen LogP contribution in [0.5, 0.6) is 0 Å². The first-order chi connectivity index (χ1) is 9.43. The highest BCUT2D eigenvalue weighted by Gasteiger charge is 2.16. The van der Waals surface area contributed by atoms with Crippen LogP contribution in [0.2, 0.25) is 0 Å². The van der Waals surface area contributed by atoms with Gasteiger partial charge in [0.05, 0.1) is 6.54 Å². The SMILES string of the molecule is CC(NC(=O)c1ccc(CN)cc1)C(=O)NCC(N)=O. The fourth-order valence-electron chi connectivity index (χ4n) is 1.47. The molecular formula is C13H18N4O3. The summed E-state index contributed by atoms with van der Waals surface area (Å²) in [6.07, 6.45) is 0. The molecule has 0 aliphatic rings. The predicted octanol–water partition coefficient (Wildman–Crippen LogP) is -1.13. The maximum absolute atomic E-state index is 11.9. The first kappa shape index (κ1) is 15.6. The number of hydrogen-bond acceptors (Lipinski definition) is 4. The van der Waals surface area contributed by atoms with E-state index in [4.69, 9.17) is 11.5 Å². The van der Waals surface area contributed by atoms with Crippen molar-refractivity contribution < 1.29 is 14.4 Å². The van der Waals surface area contributed by atoms with Crippen LogP contribution in [-0.2, 0) is 16.1 Å². The molecule has 0 saturated carbocycles. The minimum Gasteiger partial charge on any atom is -0.368 e. The summed E-state index contributed by atoms with van der Waals surface area (Å²) in [5.74, 6) is -1.50. The minimum atomic E-state index is -0.768. The summed E-state index contributed by atoms with van der Waals surface area (Å²) in [5.41, 5.74) is 11.7. The molecule has 1 unspecified atom stereocenters. The van der Waals surface area contributed by atoms with Gasteiger partial charge in [-0.2, -0.15) is 0 Å². The van der Waals surface area contributed by atoms with Crippen molar-refractivity contribution in [3.05, 3.63) is 35.4 Å². The van der Waals surface area contributed by atoms with E-state index in [1.165, 1.54) is 6.92 Å². The van der Waals surface area contributed by atoms with E-state index in [0.29, 0.717) is 12.1 Å². The normalized spacial score (nSPS) is 11.5. The molecule has 7 nitrogen and oxygen atoms in total. The van der Waals surface area contributed by atoms with Crippen molar-refractivity contribution in [1.82, 2.24) is 10.6 Å². The van der Waals surface area contributed by atoms with Gasteiger partial charge in [-0.15, -0.1) is 0 Å². The number of nitrogens with two attached hydrogens (primary N) is 2. The minimum absolute atomic E-state index is 0.260. The van der Waals surface area contributed by atoms with E-state index in [2.05, 4.69) is 10.6 Å². The molecule has 0 aliphatic carbocycles. The molecule has 3 amide bonds. The number of primary amides is 1. The Kier molecular flexibility index (Phi) is 5.67. The Morgan fingerprint density at radius 1 is 1.20 bits per heavy atom. The molecule has 1 rings (SSSR count). The van der Waals surface area contributed by atoms with E-state index >= 15 is 0 Å². The predicted molar refractivity (Wildman–Crippen MR) is 73.5 cm³/mol. The van der Waals surface area contributed by atoms with E-state index in [1.807, 2.05) is 0 Å². The zero-order valence-corrected chi connectivity index (χ0v) is 11.2. The molecule has 0 bridgehead atoms. The smallest absolute Gasteiger partial charge is 0.251 e. The standard InChI is InChI=1S/C13H18N4O3/c1-8(12(19)16-7-11(15)18)17-13(20)10-4-2-9(6-14)3-5-10/h2-5,8H,6-7,14H2,1H3,(H2,15,18)(H,16,19)(H,17,20). The molecule has 0 heterocycles. The number of benzene rings is 1. The topological polar surface area (TPSA) is 127 Å². The highest BCUT2D eigenvalue weighted by molar-refractivity contribution is 5.97. The number of carbonyl (C=O) groups excluding carboxylic acids is 3. The van der Waals surface area contributed by atoms with Crippen molar-refractivity contribution in [3.8, 4) is 0 Å². The van der Waals surface area contributed by atoms with Crippen molar-refractivity contribution in [1.29, 1.82) is 0 Å². The fraction of sp³-hybridized carbons (Fsp3) is 0.308. The zero-order chi connectivity index (χ0) is 15.1. The van der Waals surface area contributed by atoms with Gasteiger partial charge in [-0.25, -0.2) is 0 Å². The average Bonchev–Trinajstić information content (AvgIpc) is 2.44. The van der Waals surface area contributed by atoms with Crippen LogP contribution in [0.3, 0.4) is 0 Å².